The molecule has 4 rings (SSSR count). The third-order valence-electron chi connectivity index (χ3n) is 4.67. The van der Waals surface area contributed by atoms with E-state index in [0.717, 1.165) is 14.6 Å². The van der Waals surface area contributed by atoms with Gasteiger partial charge in [-0.1, -0.05) is 30.0 Å². The van der Waals surface area contributed by atoms with Gasteiger partial charge < -0.3 is 15.4 Å². The summed E-state index contributed by atoms with van der Waals surface area (Å²) in [6, 6.07) is 21.1. The first-order chi connectivity index (χ1) is 16.5. The van der Waals surface area contributed by atoms with Gasteiger partial charge in [0.1, 0.15) is 0 Å². The molecule has 0 aliphatic rings. The summed E-state index contributed by atoms with van der Waals surface area (Å²) in [5.74, 6) is -0.554. The van der Waals surface area contributed by atoms with E-state index in [2.05, 4.69) is 15.6 Å². The Bertz CT molecular complexity index is 1320. The number of carbonyl (C=O) groups is 3. The van der Waals surface area contributed by atoms with Crippen molar-refractivity contribution in [2.45, 2.75) is 11.3 Å². The van der Waals surface area contributed by atoms with Crippen LogP contribution in [0.1, 0.15) is 27.6 Å². The summed E-state index contributed by atoms with van der Waals surface area (Å²) < 4.78 is 6.63. The van der Waals surface area contributed by atoms with Gasteiger partial charge in [-0.05, 0) is 61.5 Å². The smallest absolute Gasteiger partial charge is 0.338 e. The molecule has 0 aliphatic heterocycles. The van der Waals surface area contributed by atoms with Crippen molar-refractivity contribution in [1.82, 2.24) is 4.98 Å². The fourth-order valence-corrected chi connectivity index (χ4v) is 4.97. The van der Waals surface area contributed by atoms with E-state index in [4.69, 9.17) is 4.74 Å². The van der Waals surface area contributed by atoms with Crippen LogP contribution in [0.25, 0.3) is 10.2 Å². The average Bonchev–Trinajstić information content (AvgIpc) is 3.26. The summed E-state index contributed by atoms with van der Waals surface area (Å²) in [5.41, 5.74) is 3.11. The molecule has 0 bridgehead atoms. The zero-order chi connectivity index (χ0) is 23.9. The quantitative estimate of drug-likeness (QED) is 0.251. The minimum absolute atomic E-state index is 0.175. The summed E-state index contributed by atoms with van der Waals surface area (Å²) in [5, 5.41) is 5.70. The highest BCUT2D eigenvalue weighted by Crippen LogP contribution is 2.31. The van der Waals surface area contributed by atoms with Crippen LogP contribution in [0.4, 0.5) is 11.4 Å². The third-order valence-corrected chi connectivity index (χ3v) is 6.83. The van der Waals surface area contributed by atoms with Crippen LogP contribution in [-0.2, 0) is 9.53 Å². The number of nitrogens with zero attached hydrogens (tertiary/aromatic N) is 1. The second-order valence-corrected chi connectivity index (χ2v) is 9.37. The SMILES string of the molecule is CCOC(=O)c1ccc(NC(=O)CSc2nc3ccc(NC(=O)c4ccccc4)cc3s2)cc1. The molecule has 1 aromatic heterocycles. The average molecular weight is 492 g/mol. The molecule has 0 saturated heterocycles. The summed E-state index contributed by atoms with van der Waals surface area (Å²) in [4.78, 5) is 41.0. The molecule has 0 unspecified atom stereocenters. The van der Waals surface area contributed by atoms with Gasteiger partial charge in [0.2, 0.25) is 5.91 Å². The molecule has 7 nitrogen and oxygen atoms in total. The van der Waals surface area contributed by atoms with E-state index in [1.165, 1.54) is 23.1 Å². The molecular formula is C25H21N3O4S2. The highest BCUT2D eigenvalue weighted by Gasteiger charge is 2.11. The van der Waals surface area contributed by atoms with Crippen LogP contribution in [0.3, 0.4) is 0 Å². The number of rotatable bonds is 8. The molecule has 9 heteroatoms. The monoisotopic (exact) mass is 491 g/mol. The van der Waals surface area contributed by atoms with Gasteiger partial charge in [0.15, 0.2) is 4.34 Å². The number of amides is 2. The van der Waals surface area contributed by atoms with Crippen molar-refractivity contribution >= 4 is 62.5 Å². The Morgan fingerprint density at radius 2 is 1.65 bits per heavy atom. The van der Waals surface area contributed by atoms with Crippen molar-refractivity contribution < 1.29 is 19.1 Å². The third kappa shape index (κ3) is 6.00. The second-order valence-electron chi connectivity index (χ2n) is 7.12. The number of benzene rings is 3. The van der Waals surface area contributed by atoms with Crippen LogP contribution >= 0.6 is 23.1 Å². The summed E-state index contributed by atoms with van der Waals surface area (Å²) in [7, 11) is 0. The maximum atomic E-state index is 12.4. The minimum atomic E-state index is -0.394. The molecule has 0 saturated carbocycles. The Balaban J connectivity index is 1.33. The molecular weight excluding hydrogens is 470 g/mol. The van der Waals surface area contributed by atoms with Crippen LogP contribution in [-0.4, -0.2) is 35.1 Å². The lowest BCUT2D eigenvalue weighted by molar-refractivity contribution is -0.113. The van der Waals surface area contributed by atoms with Crippen LogP contribution in [0.5, 0.6) is 0 Å². The van der Waals surface area contributed by atoms with E-state index >= 15 is 0 Å². The molecule has 0 spiro atoms. The molecule has 1 heterocycles. The molecule has 0 fully saturated rings. The number of hydrogen-bond donors (Lipinski definition) is 2. The van der Waals surface area contributed by atoms with Crippen LogP contribution in [0.2, 0.25) is 0 Å². The van der Waals surface area contributed by atoms with E-state index in [1.807, 2.05) is 36.4 Å². The molecule has 3 aromatic carbocycles. The van der Waals surface area contributed by atoms with Crippen molar-refractivity contribution in [3.63, 3.8) is 0 Å². The highest BCUT2D eigenvalue weighted by molar-refractivity contribution is 8.01. The lowest BCUT2D eigenvalue weighted by atomic mass is 10.2. The molecule has 0 aliphatic carbocycles. The molecule has 0 radical (unpaired) electrons. The topological polar surface area (TPSA) is 97.4 Å². The van der Waals surface area contributed by atoms with E-state index < -0.39 is 5.97 Å². The Labute approximate surface area is 204 Å². The van der Waals surface area contributed by atoms with Gasteiger partial charge in [-0.3, -0.25) is 9.59 Å². The van der Waals surface area contributed by atoms with Gasteiger partial charge in [-0.25, -0.2) is 9.78 Å². The number of ether oxygens (including phenoxy) is 1. The zero-order valence-corrected chi connectivity index (χ0v) is 19.9. The van der Waals surface area contributed by atoms with Crippen molar-refractivity contribution in [3.05, 3.63) is 83.9 Å². The summed E-state index contributed by atoms with van der Waals surface area (Å²) in [6.45, 7) is 2.06. The molecule has 2 amide bonds. The van der Waals surface area contributed by atoms with Gasteiger partial charge >= 0.3 is 5.97 Å². The van der Waals surface area contributed by atoms with E-state index in [-0.39, 0.29) is 17.6 Å². The fourth-order valence-electron chi connectivity index (χ4n) is 3.06. The van der Waals surface area contributed by atoms with E-state index in [0.29, 0.717) is 29.1 Å². The molecule has 4 aromatic rings. The zero-order valence-electron chi connectivity index (χ0n) is 18.2. The first-order valence-electron chi connectivity index (χ1n) is 10.5. The summed E-state index contributed by atoms with van der Waals surface area (Å²) >= 11 is 2.80. The number of anilines is 2. The van der Waals surface area contributed by atoms with Crippen LogP contribution in [0, 0.1) is 0 Å². The number of hydrogen-bond acceptors (Lipinski definition) is 7. The number of aromatic nitrogens is 1. The van der Waals surface area contributed by atoms with Crippen molar-refractivity contribution in [2.75, 3.05) is 23.0 Å². The van der Waals surface area contributed by atoms with Crippen molar-refractivity contribution in [3.8, 4) is 0 Å². The normalized spacial score (nSPS) is 10.6. The number of carbonyl (C=O) groups excluding carboxylic acids is 3. The maximum absolute atomic E-state index is 12.4. The van der Waals surface area contributed by atoms with Gasteiger partial charge in [0.25, 0.3) is 5.91 Å². The van der Waals surface area contributed by atoms with Crippen molar-refractivity contribution in [1.29, 1.82) is 0 Å². The Hall–Kier alpha value is -3.69. The van der Waals surface area contributed by atoms with Gasteiger partial charge in [0, 0.05) is 16.9 Å². The fraction of sp³-hybridized carbons (Fsp3) is 0.120. The van der Waals surface area contributed by atoms with Gasteiger partial charge in [-0.2, -0.15) is 0 Å². The minimum Gasteiger partial charge on any atom is -0.462 e. The number of nitrogens with one attached hydrogen (secondary N) is 2. The number of thiazole rings is 1. The maximum Gasteiger partial charge on any atom is 0.338 e. The Morgan fingerprint density at radius 1 is 0.912 bits per heavy atom. The van der Waals surface area contributed by atoms with Crippen LogP contribution < -0.4 is 10.6 Å². The van der Waals surface area contributed by atoms with Gasteiger partial charge in [0.05, 0.1) is 28.1 Å². The number of fused-ring (bicyclic) bond motifs is 1. The standard InChI is InChI=1S/C25H21N3O4S2/c1-2-32-24(31)17-8-10-18(11-9-17)26-22(29)15-33-25-28-20-13-12-19(14-21(20)34-25)27-23(30)16-6-4-3-5-7-16/h3-14H,2,15H2,1H3,(H,26,29)(H,27,30). The first-order valence-corrected chi connectivity index (χ1v) is 12.3. The Morgan fingerprint density at radius 3 is 2.38 bits per heavy atom. The lowest BCUT2D eigenvalue weighted by Crippen LogP contribution is -2.14. The lowest BCUT2D eigenvalue weighted by Gasteiger charge is -2.06. The molecule has 2 N–H and O–H groups in total. The van der Waals surface area contributed by atoms with Gasteiger partial charge in [-0.15, -0.1) is 11.3 Å². The summed E-state index contributed by atoms with van der Waals surface area (Å²) in [6.07, 6.45) is 0. The van der Waals surface area contributed by atoms with E-state index in [1.54, 1.807) is 43.3 Å². The molecule has 34 heavy (non-hydrogen) atoms. The number of thioether (sulfide) groups is 1. The van der Waals surface area contributed by atoms with Crippen molar-refractivity contribution in [2.24, 2.45) is 0 Å². The highest BCUT2D eigenvalue weighted by atomic mass is 32.2. The molecule has 0 atom stereocenters. The Kier molecular flexibility index (Phi) is 7.56. The predicted molar refractivity (Wildman–Crippen MR) is 136 cm³/mol. The van der Waals surface area contributed by atoms with E-state index in [9.17, 15) is 14.4 Å². The van der Waals surface area contributed by atoms with Crippen LogP contribution in [0.15, 0.2) is 77.1 Å². The largest absolute Gasteiger partial charge is 0.462 e. The first kappa shape index (κ1) is 23.5. The second kappa shape index (κ2) is 11.0. The molecule has 172 valence electrons. The predicted octanol–water partition coefficient (Wildman–Crippen LogP) is 5.46. The number of esters is 1.